The molecule has 0 saturated carbocycles. The predicted molar refractivity (Wildman–Crippen MR) is 183 cm³/mol. The van der Waals surface area contributed by atoms with E-state index in [1.165, 1.54) is 0 Å². The number of benzene rings is 5. The average Bonchev–Trinajstić information content (AvgIpc) is 3.41. The van der Waals surface area contributed by atoms with Crippen molar-refractivity contribution in [1.29, 1.82) is 0 Å². The highest BCUT2D eigenvalue weighted by molar-refractivity contribution is 6.09. The normalized spacial score (nSPS) is 12.2. The summed E-state index contributed by atoms with van der Waals surface area (Å²) in [7, 11) is 0. The van der Waals surface area contributed by atoms with Crippen molar-refractivity contribution in [2.45, 2.75) is 0 Å². The van der Waals surface area contributed by atoms with Crippen LogP contribution in [-0.2, 0) is 0 Å². The molecule has 8 aromatic rings. The molecule has 0 aliphatic carbocycles. The van der Waals surface area contributed by atoms with Gasteiger partial charge < -0.3 is 13.9 Å². The van der Waals surface area contributed by atoms with E-state index >= 15 is 0 Å². The Morgan fingerprint density at radius 2 is 1.04 bits per heavy atom. The first-order valence-corrected chi connectivity index (χ1v) is 15.2. The Hall–Kier alpha value is -6.20. The van der Waals surface area contributed by atoms with E-state index in [2.05, 4.69) is 88.8 Å². The molecule has 4 heterocycles. The fourth-order valence-electron chi connectivity index (χ4n) is 6.41. The van der Waals surface area contributed by atoms with Crippen molar-refractivity contribution in [2.75, 3.05) is 6.79 Å². The van der Waals surface area contributed by atoms with Crippen LogP contribution in [0.3, 0.4) is 0 Å². The molecule has 0 amide bonds. The van der Waals surface area contributed by atoms with Gasteiger partial charge in [0.2, 0.25) is 6.79 Å². The number of para-hydroxylation sites is 2. The van der Waals surface area contributed by atoms with E-state index in [1.807, 2.05) is 54.9 Å². The summed E-state index contributed by atoms with van der Waals surface area (Å²) >= 11 is 0. The molecule has 5 aromatic carbocycles. The van der Waals surface area contributed by atoms with E-state index in [9.17, 15) is 0 Å². The van der Waals surface area contributed by atoms with E-state index in [0.717, 1.165) is 89.1 Å². The van der Waals surface area contributed by atoms with Gasteiger partial charge in [-0.25, -0.2) is 0 Å². The summed E-state index contributed by atoms with van der Waals surface area (Å²) in [6.07, 6.45) is 7.39. The molecule has 1 aliphatic heterocycles. The van der Waals surface area contributed by atoms with Crippen molar-refractivity contribution in [3.63, 3.8) is 0 Å². The van der Waals surface area contributed by atoms with Crippen LogP contribution in [0, 0.1) is 0 Å². The van der Waals surface area contributed by atoms with Gasteiger partial charge in [0.1, 0.15) is 22.7 Å². The third-order valence-electron chi connectivity index (χ3n) is 8.65. The van der Waals surface area contributed by atoms with Crippen LogP contribution in [0.2, 0.25) is 0 Å². The van der Waals surface area contributed by atoms with Crippen LogP contribution in [-0.4, -0.2) is 16.8 Å². The Balaban J connectivity index is 1.20. The van der Waals surface area contributed by atoms with Gasteiger partial charge in [0, 0.05) is 63.4 Å². The zero-order valence-electron chi connectivity index (χ0n) is 24.7. The van der Waals surface area contributed by atoms with Crippen molar-refractivity contribution >= 4 is 21.9 Å². The third kappa shape index (κ3) is 4.49. The fourth-order valence-corrected chi connectivity index (χ4v) is 6.41. The molecule has 218 valence electrons. The predicted octanol–water partition coefficient (Wildman–Crippen LogP) is 10.4. The van der Waals surface area contributed by atoms with Crippen LogP contribution >= 0.6 is 0 Å². The summed E-state index contributed by atoms with van der Waals surface area (Å²) in [6, 6.07) is 41.9. The number of aromatic nitrogens is 2. The maximum absolute atomic E-state index is 6.38. The van der Waals surface area contributed by atoms with Crippen LogP contribution in [0.15, 0.2) is 151 Å². The second-order valence-corrected chi connectivity index (χ2v) is 11.4. The van der Waals surface area contributed by atoms with Crippen molar-refractivity contribution in [1.82, 2.24) is 9.97 Å². The van der Waals surface area contributed by atoms with Crippen LogP contribution in [0.1, 0.15) is 0 Å². The first-order valence-electron chi connectivity index (χ1n) is 15.2. The lowest BCUT2D eigenvalue weighted by Gasteiger charge is -2.14. The van der Waals surface area contributed by atoms with Crippen molar-refractivity contribution in [3.8, 4) is 67.1 Å². The first-order chi connectivity index (χ1) is 22.8. The minimum Gasteiger partial charge on any atom is -0.457 e. The molecule has 0 atom stereocenters. The molecule has 0 spiro atoms. The average molecular weight is 595 g/mol. The molecule has 3 aromatic heterocycles. The third-order valence-corrected chi connectivity index (χ3v) is 8.65. The van der Waals surface area contributed by atoms with Crippen LogP contribution in [0.4, 0.5) is 0 Å². The molecule has 5 nitrogen and oxygen atoms in total. The van der Waals surface area contributed by atoms with Crippen LogP contribution < -0.4 is 9.47 Å². The molecule has 0 saturated heterocycles. The van der Waals surface area contributed by atoms with Gasteiger partial charge >= 0.3 is 0 Å². The van der Waals surface area contributed by atoms with Crippen molar-refractivity contribution < 1.29 is 13.9 Å². The Morgan fingerprint density at radius 3 is 1.72 bits per heavy atom. The van der Waals surface area contributed by atoms with E-state index in [1.54, 1.807) is 12.4 Å². The smallest absolute Gasteiger partial charge is 0.230 e. The topological polar surface area (TPSA) is 57.4 Å². The molecule has 0 radical (unpaired) electrons. The van der Waals surface area contributed by atoms with Crippen LogP contribution in [0.5, 0.6) is 11.5 Å². The van der Waals surface area contributed by atoms with Gasteiger partial charge in [-0.2, -0.15) is 0 Å². The number of pyridine rings is 2. The Kier molecular flexibility index (Phi) is 6.13. The highest BCUT2D eigenvalue weighted by atomic mass is 16.7. The SMILES string of the molecule is c1cncc(-c2cc(-c3cccnc3)cc(-c3ccc4c(c3)-c3cc(-c5cccc6c5oc5ccccc56)ccc3OCO4)c2)c1. The largest absolute Gasteiger partial charge is 0.457 e. The second-order valence-electron chi connectivity index (χ2n) is 11.4. The standard InChI is InChI=1S/C41H26N2O3/c1-2-11-40-34(8-1)35-10-3-9-33(41(35)46-40)27-13-15-39-37(22-27)36-21-26(12-14-38(36)44-25-45-39)30-18-31(28-6-4-16-42-23-28)20-32(19-30)29-7-5-17-43-24-29/h1-24H,25H2. The summed E-state index contributed by atoms with van der Waals surface area (Å²) in [6.45, 7) is 0.138. The molecule has 1 aliphatic rings. The summed E-state index contributed by atoms with van der Waals surface area (Å²) in [5.74, 6) is 1.55. The molecule has 46 heavy (non-hydrogen) atoms. The van der Waals surface area contributed by atoms with Gasteiger partial charge in [-0.3, -0.25) is 9.97 Å². The van der Waals surface area contributed by atoms with Crippen LogP contribution in [0.25, 0.3) is 77.6 Å². The quantitative estimate of drug-likeness (QED) is 0.203. The van der Waals surface area contributed by atoms with E-state index in [-0.39, 0.29) is 6.79 Å². The van der Waals surface area contributed by atoms with E-state index in [0.29, 0.717) is 0 Å². The van der Waals surface area contributed by atoms with Crippen molar-refractivity contribution in [3.05, 3.63) is 146 Å². The molecular weight excluding hydrogens is 568 g/mol. The Bertz CT molecular complexity index is 2340. The second kappa shape index (κ2) is 10.8. The summed E-state index contributed by atoms with van der Waals surface area (Å²) < 4.78 is 18.6. The highest BCUT2D eigenvalue weighted by Crippen LogP contribution is 2.45. The molecule has 0 fully saturated rings. The van der Waals surface area contributed by atoms with Gasteiger partial charge in [0.15, 0.2) is 0 Å². The Morgan fingerprint density at radius 1 is 0.435 bits per heavy atom. The minimum atomic E-state index is 0.138. The van der Waals surface area contributed by atoms with Gasteiger partial charge in [-0.15, -0.1) is 0 Å². The maximum Gasteiger partial charge on any atom is 0.230 e. The number of rotatable bonds is 4. The lowest BCUT2D eigenvalue weighted by atomic mass is 9.91. The molecule has 0 unspecified atom stereocenters. The number of hydrogen-bond donors (Lipinski definition) is 0. The fraction of sp³-hybridized carbons (Fsp3) is 0.0244. The number of furan rings is 1. The lowest BCUT2D eigenvalue weighted by molar-refractivity contribution is 0.125. The number of hydrogen-bond acceptors (Lipinski definition) is 5. The minimum absolute atomic E-state index is 0.138. The molecule has 5 heteroatoms. The number of nitrogens with zero attached hydrogens (tertiary/aromatic N) is 2. The summed E-state index contributed by atoms with van der Waals surface area (Å²) in [5.41, 5.74) is 12.2. The monoisotopic (exact) mass is 594 g/mol. The molecule has 0 bridgehead atoms. The van der Waals surface area contributed by atoms with Gasteiger partial charge in [0.25, 0.3) is 0 Å². The molecule has 0 N–H and O–H groups in total. The number of fused-ring (bicyclic) bond motifs is 6. The van der Waals surface area contributed by atoms with Gasteiger partial charge in [-0.05, 0) is 88.5 Å². The summed E-state index contributed by atoms with van der Waals surface area (Å²) in [5, 5.41) is 2.21. The van der Waals surface area contributed by atoms with Gasteiger partial charge in [-0.1, -0.05) is 60.7 Å². The molecule has 9 rings (SSSR count). The Labute approximate surface area is 265 Å². The van der Waals surface area contributed by atoms with Gasteiger partial charge in [0.05, 0.1) is 0 Å². The molecular formula is C41H26N2O3. The summed E-state index contributed by atoms with van der Waals surface area (Å²) in [4.78, 5) is 8.75. The maximum atomic E-state index is 6.38. The zero-order chi connectivity index (χ0) is 30.5. The first kappa shape index (κ1) is 26.2. The van der Waals surface area contributed by atoms with E-state index in [4.69, 9.17) is 13.9 Å². The highest BCUT2D eigenvalue weighted by Gasteiger charge is 2.20. The lowest BCUT2D eigenvalue weighted by Crippen LogP contribution is -2.03. The zero-order valence-corrected chi connectivity index (χ0v) is 24.7. The van der Waals surface area contributed by atoms with Crippen molar-refractivity contribution in [2.24, 2.45) is 0 Å². The number of ether oxygens (including phenoxy) is 2. The van der Waals surface area contributed by atoms with E-state index < -0.39 is 0 Å².